The van der Waals surface area contributed by atoms with Crippen LogP contribution in [0.1, 0.15) is 26.2 Å². The summed E-state index contributed by atoms with van der Waals surface area (Å²) in [6, 6.07) is 0. The summed E-state index contributed by atoms with van der Waals surface area (Å²) in [7, 11) is 0. The van der Waals surface area contributed by atoms with E-state index in [0.717, 1.165) is 19.4 Å². The predicted molar refractivity (Wildman–Crippen MR) is 70.3 cm³/mol. The minimum Gasteiger partial charge on any atom is -0.342 e. The van der Waals surface area contributed by atoms with Crippen LogP contribution >= 0.6 is 11.3 Å². The highest BCUT2D eigenvalue weighted by Gasteiger charge is 2.33. The van der Waals surface area contributed by atoms with Gasteiger partial charge in [0.25, 0.3) is 0 Å². The van der Waals surface area contributed by atoms with E-state index >= 15 is 0 Å². The number of hydrogen-bond acceptors (Lipinski definition) is 4. The second kappa shape index (κ2) is 5.95. The maximum atomic E-state index is 12.0. The molecular formula is C12H17N3O2S. The van der Waals surface area contributed by atoms with Crippen LogP contribution in [0.5, 0.6) is 0 Å². The molecule has 1 atom stereocenters. The van der Waals surface area contributed by atoms with Crippen LogP contribution in [0.4, 0.5) is 5.13 Å². The largest absolute Gasteiger partial charge is 0.342 e. The molecule has 5 nitrogen and oxygen atoms in total. The van der Waals surface area contributed by atoms with Gasteiger partial charge in [0.1, 0.15) is 0 Å². The molecule has 18 heavy (non-hydrogen) atoms. The molecule has 1 fully saturated rings. The molecule has 0 unspecified atom stereocenters. The quantitative estimate of drug-likeness (QED) is 0.883. The van der Waals surface area contributed by atoms with Crippen molar-refractivity contribution in [1.82, 2.24) is 9.88 Å². The van der Waals surface area contributed by atoms with Gasteiger partial charge in [-0.15, -0.1) is 11.3 Å². The van der Waals surface area contributed by atoms with Crippen molar-refractivity contribution in [3.8, 4) is 0 Å². The highest BCUT2D eigenvalue weighted by Crippen LogP contribution is 2.21. The summed E-state index contributed by atoms with van der Waals surface area (Å²) in [6.07, 6.45) is 4.01. The second-order valence-corrected chi connectivity index (χ2v) is 5.32. The molecule has 1 aliphatic heterocycles. The number of likely N-dealkylation sites (tertiary alicyclic amines) is 1. The van der Waals surface area contributed by atoms with E-state index in [-0.39, 0.29) is 17.7 Å². The van der Waals surface area contributed by atoms with Crippen molar-refractivity contribution in [2.24, 2.45) is 5.92 Å². The predicted octanol–water partition coefficient (Wildman–Crippen LogP) is 1.73. The number of thiazole rings is 1. The van der Waals surface area contributed by atoms with Crippen molar-refractivity contribution in [1.29, 1.82) is 0 Å². The van der Waals surface area contributed by atoms with Gasteiger partial charge >= 0.3 is 0 Å². The number of carbonyl (C=O) groups excluding carboxylic acids is 2. The number of carbonyl (C=O) groups is 2. The van der Waals surface area contributed by atoms with Gasteiger partial charge in [0, 0.05) is 31.1 Å². The Morgan fingerprint density at radius 3 is 3.17 bits per heavy atom. The van der Waals surface area contributed by atoms with Crippen LogP contribution in [0, 0.1) is 5.92 Å². The van der Waals surface area contributed by atoms with E-state index in [9.17, 15) is 9.59 Å². The summed E-state index contributed by atoms with van der Waals surface area (Å²) in [5.74, 6) is -0.252. The Hall–Kier alpha value is -1.43. The average molecular weight is 267 g/mol. The fraction of sp³-hybridized carbons (Fsp3) is 0.583. The number of nitrogens with zero attached hydrogens (tertiary/aromatic N) is 2. The Labute approximate surface area is 110 Å². The number of aromatic nitrogens is 1. The van der Waals surface area contributed by atoms with E-state index in [4.69, 9.17) is 0 Å². The molecule has 2 amide bonds. The molecule has 1 aromatic heterocycles. The third kappa shape index (κ3) is 3.07. The SMILES string of the molecule is CCCCN1C[C@@H](C(=O)Nc2nccs2)CC1=O. The Morgan fingerprint density at radius 2 is 2.50 bits per heavy atom. The van der Waals surface area contributed by atoms with Crippen LogP contribution in [0.15, 0.2) is 11.6 Å². The number of hydrogen-bond donors (Lipinski definition) is 1. The van der Waals surface area contributed by atoms with Gasteiger partial charge in [-0.3, -0.25) is 9.59 Å². The molecule has 98 valence electrons. The lowest BCUT2D eigenvalue weighted by molar-refractivity contribution is -0.128. The molecule has 1 aromatic rings. The average Bonchev–Trinajstić information content (AvgIpc) is 2.96. The summed E-state index contributed by atoms with van der Waals surface area (Å²) < 4.78 is 0. The number of nitrogens with one attached hydrogen (secondary N) is 1. The van der Waals surface area contributed by atoms with Gasteiger partial charge in [0.2, 0.25) is 11.8 Å². The first kappa shape index (κ1) is 13.0. The summed E-state index contributed by atoms with van der Waals surface area (Å²) in [5.41, 5.74) is 0. The molecule has 1 saturated heterocycles. The zero-order valence-electron chi connectivity index (χ0n) is 10.4. The van der Waals surface area contributed by atoms with Gasteiger partial charge < -0.3 is 10.2 Å². The summed E-state index contributed by atoms with van der Waals surface area (Å²) in [5, 5.41) is 5.16. The van der Waals surface area contributed by atoms with Gasteiger partial charge in [-0.1, -0.05) is 13.3 Å². The third-order valence-corrected chi connectivity index (χ3v) is 3.72. The molecule has 0 aromatic carbocycles. The van der Waals surface area contributed by atoms with Crippen LogP contribution in [0.2, 0.25) is 0 Å². The lowest BCUT2D eigenvalue weighted by Crippen LogP contribution is -2.29. The van der Waals surface area contributed by atoms with Gasteiger partial charge in [0.15, 0.2) is 5.13 Å². The monoisotopic (exact) mass is 267 g/mol. The topological polar surface area (TPSA) is 62.3 Å². The van der Waals surface area contributed by atoms with Crippen LogP contribution < -0.4 is 5.32 Å². The minimum atomic E-state index is -0.238. The van der Waals surface area contributed by atoms with Crippen LogP contribution in [0.25, 0.3) is 0 Å². The van der Waals surface area contributed by atoms with Crippen LogP contribution in [0.3, 0.4) is 0 Å². The van der Waals surface area contributed by atoms with Crippen molar-refractivity contribution in [3.63, 3.8) is 0 Å². The molecule has 2 rings (SSSR count). The molecule has 0 radical (unpaired) electrons. The molecule has 0 saturated carbocycles. The Morgan fingerprint density at radius 1 is 1.67 bits per heavy atom. The maximum absolute atomic E-state index is 12.0. The van der Waals surface area contributed by atoms with E-state index in [0.29, 0.717) is 18.1 Å². The lowest BCUT2D eigenvalue weighted by Gasteiger charge is -2.15. The van der Waals surface area contributed by atoms with Crippen molar-refractivity contribution < 1.29 is 9.59 Å². The van der Waals surface area contributed by atoms with Gasteiger partial charge in [-0.25, -0.2) is 4.98 Å². The molecule has 2 heterocycles. The fourth-order valence-electron chi connectivity index (χ4n) is 2.01. The van der Waals surface area contributed by atoms with Crippen molar-refractivity contribution in [2.75, 3.05) is 18.4 Å². The highest BCUT2D eigenvalue weighted by atomic mass is 32.1. The lowest BCUT2D eigenvalue weighted by atomic mass is 10.1. The van der Waals surface area contributed by atoms with Crippen LogP contribution in [-0.4, -0.2) is 34.8 Å². The third-order valence-electron chi connectivity index (χ3n) is 3.03. The molecule has 1 N–H and O–H groups in total. The Kier molecular flexibility index (Phi) is 4.30. The smallest absolute Gasteiger partial charge is 0.231 e. The van der Waals surface area contributed by atoms with Crippen molar-refractivity contribution in [3.05, 3.63) is 11.6 Å². The van der Waals surface area contributed by atoms with Crippen molar-refractivity contribution >= 4 is 28.3 Å². The number of amides is 2. The number of unbranched alkanes of at least 4 members (excludes halogenated alkanes) is 1. The summed E-state index contributed by atoms with van der Waals surface area (Å²) >= 11 is 1.38. The Bertz CT molecular complexity index is 419. The second-order valence-electron chi connectivity index (χ2n) is 4.42. The fourth-order valence-corrected chi connectivity index (χ4v) is 2.54. The molecular weight excluding hydrogens is 250 g/mol. The van der Waals surface area contributed by atoms with E-state index < -0.39 is 0 Å². The van der Waals surface area contributed by atoms with Gasteiger partial charge in [-0.05, 0) is 6.42 Å². The van der Waals surface area contributed by atoms with Gasteiger partial charge in [-0.2, -0.15) is 0 Å². The summed E-state index contributed by atoms with van der Waals surface area (Å²) in [4.78, 5) is 29.5. The highest BCUT2D eigenvalue weighted by molar-refractivity contribution is 7.13. The normalized spacial score (nSPS) is 19.3. The maximum Gasteiger partial charge on any atom is 0.231 e. The zero-order valence-corrected chi connectivity index (χ0v) is 11.2. The van der Waals surface area contributed by atoms with E-state index in [1.54, 1.807) is 11.1 Å². The Balaban J connectivity index is 1.87. The molecule has 0 aliphatic carbocycles. The standard InChI is InChI=1S/C12H17N3O2S/c1-2-3-5-15-8-9(7-10(15)16)11(17)14-12-13-4-6-18-12/h4,6,9H,2-3,5,7-8H2,1H3,(H,13,14,17)/t9-/m0/s1. The molecule has 1 aliphatic rings. The first-order valence-electron chi connectivity index (χ1n) is 6.19. The van der Waals surface area contributed by atoms with Crippen molar-refractivity contribution in [2.45, 2.75) is 26.2 Å². The number of rotatable bonds is 5. The minimum absolute atomic E-state index is 0.0859. The first-order valence-corrected chi connectivity index (χ1v) is 7.06. The molecule has 6 heteroatoms. The zero-order chi connectivity index (χ0) is 13.0. The molecule has 0 bridgehead atoms. The molecule has 0 spiro atoms. The summed E-state index contributed by atoms with van der Waals surface area (Å²) in [6.45, 7) is 3.39. The van der Waals surface area contributed by atoms with E-state index in [2.05, 4.69) is 17.2 Å². The van der Waals surface area contributed by atoms with Crippen LogP contribution in [-0.2, 0) is 9.59 Å². The number of anilines is 1. The van der Waals surface area contributed by atoms with E-state index in [1.165, 1.54) is 11.3 Å². The van der Waals surface area contributed by atoms with Gasteiger partial charge in [0.05, 0.1) is 5.92 Å². The first-order chi connectivity index (χ1) is 8.70. The van der Waals surface area contributed by atoms with E-state index in [1.807, 2.05) is 5.38 Å².